The van der Waals surface area contributed by atoms with Gasteiger partial charge in [-0.15, -0.1) is 0 Å². The van der Waals surface area contributed by atoms with Crippen LogP contribution < -0.4 is 9.47 Å². The second-order valence-electron chi connectivity index (χ2n) is 4.64. The van der Waals surface area contributed by atoms with Crippen molar-refractivity contribution in [1.29, 1.82) is 0 Å². The molecule has 1 atom stereocenters. The number of benzene rings is 1. The Bertz CT molecular complexity index is 685. The molecule has 0 N–H and O–H groups in total. The van der Waals surface area contributed by atoms with Crippen molar-refractivity contribution in [2.24, 2.45) is 0 Å². The average molecular weight is 360 g/mol. The van der Waals surface area contributed by atoms with E-state index in [0.29, 0.717) is 0 Å². The van der Waals surface area contributed by atoms with Crippen molar-refractivity contribution in [2.45, 2.75) is 11.7 Å². The summed E-state index contributed by atoms with van der Waals surface area (Å²) in [7, 11) is 2.45. The Morgan fingerprint density at radius 2 is 1.40 bits per heavy atom. The molecule has 0 fully saturated rings. The van der Waals surface area contributed by atoms with Gasteiger partial charge in [0.1, 0.15) is 0 Å². The molecule has 0 aliphatic rings. The van der Waals surface area contributed by atoms with Gasteiger partial charge in [0, 0.05) is 4.92 Å². The zero-order chi connectivity index (χ0) is 19.4. The Morgan fingerprint density at radius 1 is 0.920 bits per heavy atom. The highest BCUT2D eigenvalue weighted by Crippen LogP contribution is 2.37. The van der Waals surface area contributed by atoms with Gasteiger partial charge < -0.3 is 9.47 Å². The quantitative estimate of drug-likeness (QED) is 0.341. The van der Waals surface area contributed by atoms with E-state index >= 15 is 0 Å². The fourth-order valence-corrected chi connectivity index (χ4v) is 2.25. The molecule has 1 aromatic carbocycles. The molecule has 14 nitrogen and oxygen atoms in total. The molecule has 25 heavy (non-hydrogen) atoms. The van der Waals surface area contributed by atoms with Gasteiger partial charge in [-0.2, -0.15) is 0 Å². The molecular formula is C11H12N4O10. The lowest BCUT2D eigenvalue weighted by Gasteiger charge is -2.17. The first-order valence-corrected chi connectivity index (χ1v) is 6.40. The highest BCUT2D eigenvalue weighted by molar-refractivity contribution is 5.44. The molecule has 0 unspecified atom stereocenters. The van der Waals surface area contributed by atoms with E-state index in [0.717, 1.165) is 12.1 Å². The van der Waals surface area contributed by atoms with Crippen molar-refractivity contribution < 1.29 is 29.2 Å². The molecular weight excluding hydrogens is 348 g/mol. The molecule has 136 valence electrons. The molecule has 0 radical (unpaired) electrons. The SMILES string of the molecule is COc1ccc([C@H](C[N+](=O)[O-])C([N+](=O)[O-])([N+](=O)[O-])[N+](=O)[O-])cc1OC. The van der Waals surface area contributed by atoms with E-state index < -0.39 is 37.9 Å². The summed E-state index contributed by atoms with van der Waals surface area (Å²) < 4.78 is 9.84. The molecule has 0 aliphatic carbocycles. The lowest BCUT2D eigenvalue weighted by molar-refractivity contribution is -0.975. The molecule has 1 aromatic rings. The fourth-order valence-electron chi connectivity index (χ4n) is 2.25. The zero-order valence-corrected chi connectivity index (χ0v) is 12.9. The minimum atomic E-state index is -4.04. The van der Waals surface area contributed by atoms with Crippen molar-refractivity contribution in [1.82, 2.24) is 0 Å². The van der Waals surface area contributed by atoms with Crippen LogP contribution in [0.3, 0.4) is 0 Å². The van der Waals surface area contributed by atoms with E-state index in [1.807, 2.05) is 0 Å². The normalized spacial score (nSPS) is 12.1. The summed E-state index contributed by atoms with van der Waals surface area (Å²) in [6, 6.07) is 3.19. The number of hydrogen-bond donors (Lipinski definition) is 0. The maximum absolute atomic E-state index is 11.2. The molecule has 0 spiro atoms. The van der Waals surface area contributed by atoms with Crippen LogP contribution in [0.4, 0.5) is 0 Å². The van der Waals surface area contributed by atoms with Crippen LogP contribution >= 0.6 is 0 Å². The van der Waals surface area contributed by atoms with E-state index in [1.165, 1.54) is 20.3 Å². The molecule has 0 bridgehead atoms. The van der Waals surface area contributed by atoms with Gasteiger partial charge in [-0.3, -0.25) is 40.5 Å². The van der Waals surface area contributed by atoms with Gasteiger partial charge in [0.25, 0.3) is 5.92 Å². The van der Waals surface area contributed by atoms with Crippen LogP contribution in [0.25, 0.3) is 0 Å². The summed E-state index contributed by atoms with van der Waals surface area (Å²) in [4.78, 5) is 38.2. The van der Waals surface area contributed by atoms with Crippen LogP contribution in [0.2, 0.25) is 0 Å². The Hall–Kier alpha value is -3.58. The largest absolute Gasteiger partial charge is 0.713 e. The van der Waals surface area contributed by atoms with Crippen molar-refractivity contribution >= 4 is 0 Å². The van der Waals surface area contributed by atoms with Crippen molar-refractivity contribution in [3.05, 3.63) is 64.2 Å². The van der Waals surface area contributed by atoms with Crippen molar-refractivity contribution in [3.8, 4) is 11.5 Å². The van der Waals surface area contributed by atoms with E-state index in [1.54, 1.807) is 0 Å². The van der Waals surface area contributed by atoms with Crippen LogP contribution in [0.15, 0.2) is 18.2 Å². The Morgan fingerprint density at radius 3 is 1.76 bits per heavy atom. The maximum Gasteiger partial charge on any atom is 0.713 e. The molecule has 0 amide bonds. The first-order valence-electron chi connectivity index (χ1n) is 6.40. The first-order chi connectivity index (χ1) is 11.6. The van der Waals surface area contributed by atoms with Gasteiger partial charge in [0.2, 0.25) is 6.54 Å². The Kier molecular flexibility index (Phi) is 5.71. The lowest BCUT2D eigenvalue weighted by Crippen LogP contribution is -2.59. The van der Waals surface area contributed by atoms with E-state index in [-0.39, 0.29) is 17.1 Å². The molecule has 0 heterocycles. The summed E-state index contributed by atoms with van der Waals surface area (Å²) in [6.07, 6.45) is 0. The van der Waals surface area contributed by atoms with Gasteiger partial charge in [-0.05, 0) is 17.7 Å². The first kappa shape index (κ1) is 19.5. The van der Waals surface area contributed by atoms with Crippen LogP contribution in [0.5, 0.6) is 11.5 Å². The minimum absolute atomic E-state index is 0.0581. The smallest absolute Gasteiger partial charge is 0.493 e. The third-order valence-corrected chi connectivity index (χ3v) is 3.42. The van der Waals surface area contributed by atoms with Crippen LogP contribution in [-0.4, -0.2) is 46.2 Å². The third-order valence-electron chi connectivity index (χ3n) is 3.42. The van der Waals surface area contributed by atoms with Gasteiger partial charge in [0.15, 0.2) is 26.3 Å². The summed E-state index contributed by atoms with van der Waals surface area (Å²) in [6.45, 7) is -1.42. The number of hydrogen-bond acceptors (Lipinski definition) is 10. The molecule has 0 aromatic heterocycles. The van der Waals surface area contributed by atoms with Gasteiger partial charge in [-0.1, -0.05) is 6.07 Å². The topological polar surface area (TPSA) is 191 Å². The minimum Gasteiger partial charge on any atom is -0.493 e. The molecule has 14 heteroatoms. The second kappa shape index (κ2) is 7.33. The van der Waals surface area contributed by atoms with Gasteiger partial charge >= 0.3 is 5.79 Å². The molecule has 1 rings (SSSR count). The lowest BCUT2D eigenvalue weighted by atomic mass is 9.91. The Labute approximate surface area is 138 Å². The Balaban J connectivity index is 3.72. The fraction of sp³-hybridized carbons (Fsp3) is 0.455. The highest BCUT2D eigenvalue weighted by atomic mass is 16.7. The monoisotopic (exact) mass is 360 g/mol. The highest BCUT2D eigenvalue weighted by Gasteiger charge is 2.78. The number of ether oxygens (including phenoxy) is 2. The van der Waals surface area contributed by atoms with Crippen LogP contribution in [0, 0.1) is 40.5 Å². The van der Waals surface area contributed by atoms with Gasteiger partial charge in [0.05, 0.1) is 14.2 Å². The molecule has 0 saturated carbocycles. The standard InChI is InChI=1S/C11H12N4O10/c1-24-9-4-3-7(5-10(9)25-2)8(6-12(16)17)11(13(18)19,14(20)21)15(22)23/h3-5,8H,6H2,1-2H3/t8-/m0/s1. The summed E-state index contributed by atoms with van der Waals surface area (Å²) >= 11 is 0. The number of nitro groups is 4. The van der Waals surface area contributed by atoms with Crippen molar-refractivity contribution in [2.75, 3.05) is 20.8 Å². The summed E-state index contributed by atoms with van der Waals surface area (Å²) in [5, 5.41) is 44.5. The predicted octanol–water partition coefficient (Wildman–Crippen LogP) is 0.548. The maximum atomic E-state index is 11.2. The summed E-state index contributed by atoms with van der Waals surface area (Å²) in [5.41, 5.74) is -0.389. The average Bonchev–Trinajstić information content (AvgIpc) is 2.52. The van der Waals surface area contributed by atoms with Crippen molar-refractivity contribution in [3.63, 3.8) is 0 Å². The second-order valence-corrected chi connectivity index (χ2v) is 4.64. The number of methoxy groups -OCH3 is 2. The van der Waals surface area contributed by atoms with E-state index in [9.17, 15) is 40.5 Å². The summed E-state index contributed by atoms with van der Waals surface area (Å²) in [5.74, 6) is -6.27. The number of rotatable bonds is 9. The third kappa shape index (κ3) is 3.36. The van der Waals surface area contributed by atoms with Crippen LogP contribution in [-0.2, 0) is 0 Å². The van der Waals surface area contributed by atoms with Gasteiger partial charge in [-0.25, -0.2) is 0 Å². The predicted molar refractivity (Wildman–Crippen MR) is 77.9 cm³/mol. The van der Waals surface area contributed by atoms with Crippen LogP contribution in [0.1, 0.15) is 11.5 Å². The van der Waals surface area contributed by atoms with E-state index in [4.69, 9.17) is 9.47 Å². The molecule has 0 aliphatic heterocycles. The molecule has 0 saturated heterocycles. The zero-order valence-electron chi connectivity index (χ0n) is 12.9. The number of nitrogens with zero attached hydrogens (tertiary/aromatic N) is 4. The van der Waals surface area contributed by atoms with E-state index in [2.05, 4.69) is 0 Å².